The van der Waals surface area contributed by atoms with Gasteiger partial charge in [-0.25, -0.2) is 0 Å². The maximum absolute atomic E-state index is 12.6. The minimum Gasteiger partial charge on any atom is -0.462 e. The van der Waals surface area contributed by atoms with Gasteiger partial charge in [0.2, 0.25) is 0 Å². The summed E-state index contributed by atoms with van der Waals surface area (Å²) >= 11 is 0. The Morgan fingerprint density at radius 2 is 0.600 bits per heavy atom. The predicted molar refractivity (Wildman–Crippen MR) is 233 cm³/mol. The zero-order valence-electron chi connectivity index (χ0n) is 37.0. The molecule has 0 aliphatic carbocycles. The summed E-state index contributed by atoms with van der Waals surface area (Å²) in [5.74, 6) is -0.876. The van der Waals surface area contributed by atoms with Crippen molar-refractivity contribution in [3.63, 3.8) is 0 Å². The first-order valence-electron chi connectivity index (χ1n) is 24.2. The van der Waals surface area contributed by atoms with Gasteiger partial charge in [-0.2, -0.15) is 0 Å². The number of ether oxygens (including phenoxy) is 3. The molecule has 0 aromatic heterocycles. The van der Waals surface area contributed by atoms with Crippen molar-refractivity contribution in [2.24, 2.45) is 0 Å². The highest BCUT2D eigenvalue weighted by molar-refractivity contribution is 5.71. The zero-order valence-corrected chi connectivity index (χ0v) is 37.0. The molecule has 0 radical (unpaired) electrons. The van der Waals surface area contributed by atoms with Crippen LogP contribution in [-0.4, -0.2) is 37.2 Å². The molecule has 0 rings (SSSR count). The molecule has 0 aromatic rings. The Morgan fingerprint density at radius 1 is 0.345 bits per heavy atom. The van der Waals surface area contributed by atoms with Gasteiger partial charge in [-0.3, -0.25) is 14.4 Å². The molecule has 0 heterocycles. The molecule has 0 spiro atoms. The SMILES string of the molecule is CCCCCCCCCC/C=C\CCCCCCCCCCCCCC(=O)OCC(COC(=O)CCCCCCC)OC(=O)CCCCCCCCCCC. The monoisotopic (exact) mass is 777 g/mol. The number of carbonyl (C=O) groups is 3. The maximum Gasteiger partial charge on any atom is 0.306 e. The van der Waals surface area contributed by atoms with E-state index in [4.69, 9.17) is 14.2 Å². The van der Waals surface area contributed by atoms with E-state index >= 15 is 0 Å². The third-order valence-corrected chi connectivity index (χ3v) is 10.8. The highest BCUT2D eigenvalue weighted by atomic mass is 16.6. The van der Waals surface area contributed by atoms with Gasteiger partial charge in [0.1, 0.15) is 13.2 Å². The van der Waals surface area contributed by atoms with Crippen molar-refractivity contribution < 1.29 is 28.6 Å². The van der Waals surface area contributed by atoms with E-state index in [9.17, 15) is 14.4 Å². The van der Waals surface area contributed by atoms with Crippen LogP contribution in [0, 0.1) is 0 Å². The number of allylic oxidation sites excluding steroid dienone is 2. The lowest BCUT2D eigenvalue weighted by atomic mass is 10.0. The lowest BCUT2D eigenvalue weighted by Gasteiger charge is -2.18. The largest absolute Gasteiger partial charge is 0.462 e. The Morgan fingerprint density at radius 3 is 0.909 bits per heavy atom. The second-order valence-electron chi connectivity index (χ2n) is 16.4. The Kier molecular flexibility index (Phi) is 43.4. The summed E-state index contributed by atoms with van der Waals surface area (Å²) in [6.45, 7) is 6.55. The number of esters is 3. The molecule has 0 aromatic carbocycles. The maximum atomic E-state index is 12.6. The molecule has 6 nitrogen and oxygen atoms in total. The third kappa shape index (κ3) is 43.1. The molecular weight excluding hydrogens is 685 g/mol. The molecule has 0 saturated heterocycles. The highest BCUT2D eigenvalue weighted by Crippen LogP contribution is 2.15. The third-order valence-electron chi connectivity index (χ3n) is 10.8. The number of carbonyl (C=O) groups excluding carboxylic acids is 3. The van der Waals surface area contributed by atoms with Gasteiger partial charge in [0.25, 0.3) is 0 Å². The lowest BCUT2D eigenvalue weighted by Crippen LogP contribution is -2.30. The van der Waals surface area contributed by atoms with Crippen molar-refractivity contribution in [1.82, 2.24) is 0 Å². The Labute approximate surface area is 341 Å². The van der Waals surface area contributed by atoms with E-state index in [2.05, 4.69) is 32.9 Å². The first-order chi connectivity index (χ1) is 27.0. The number of rotatable bonds is 44. The molecule has 0 aliphatic rings. The van der Waals surface area contributed by atoms with Gasteiger partial charge < -0.3 is 14.2 Å². The first-order valence-corrected chi connectivity index (χ1v) is 24.2. The normalized spacial score (nSPS) is 12.0. The summed E-state index contributed by atoms with van der Waals surface area (Å²) in [4.78, 5) is 37.4. The van der Waals surface area contributed by atoms with Gasteiger partial charge in [-0.05, 0) is 44.9 Å². The second-order valence-corrected chi connectivity index (χ2v) is 16.4. The molecule has 1 unspecified atom stereocenters. The van der Waals surface area contributed by atoms with Gasteiger partial charge in [0.15, 0.2) is 6.10 Å². The van der Waals surface area contributed by atoms with Crippen molar-refractivity contribution in [2.45, 2.75) is 271 Å². The molecule has 324 valence electrons. The van der Waals surface area contributed by atoms with Crippen molar-refractivity contribution >= 4 is 17.9 Å². The number of hydrogen-bond donors (Lipinski definition) is 0. The standard InChI is InChI=1S/C49H92O6/c1-4-7-10-13-15-17-18-19-20-21-22-23-24-25-26-27-28-29-30-32-33-36-39-42-48(51)54-45-46(44-53-47(50)41-38-35-12-9-6-3)55-49(52)43-40-37-34-31-16-14-11-8-5-2/h21-22,46H,4-20,23-45H2,1-3H3/b22-21-. The van der Waals surface area contributed by atoms with Crippen LogP contribution in [0.1, 0.15) is 265 Å². The topological polar surface area (TPSA) is 78.9 Å². The summed E-state index contributed by atoms with van der Waals surface area (Å²) < 4.78 is 16.6. The molecule has 1 atom stereocenters. The molecule has 0 amide bonds. The minimum absolute atomic E-state index is 0.0673. The smallest absolute Gasteiger partial charge is 0.306 e. The van der Waals surface area contributed by atoms with E-state index < -0.39 is 6.10 Å². The molecule has 6 heteroatoms. The van der Waals surface area contributed by atoms with Crippen LogP contribution in [0.15, 0.2) is 12.2 Å². The fourth-order valence-corrected chi connectivity index (χ4v) is 7.08. The van der Waals surface area contributed by atoms with Crippen molar-refractivity contribution in [3.8, 4) is 0 Å². The summed E-state index contributed by atoms with van der Waals surface area (Å²) in [5, 5.41) is 0. The molecule has 0 bridgehead atoms. The Balaban J connectivity index is 4.00. The quantitative estimate of drug-likeness (QED) is 0.0265. The van der Waals surface area contributed by atoms with Crippen molar-refractivity contribution in [1.29, 1.82) is 0 Å². The van der Waals surface area contributed by atoms with Crippen LogP contribution in [0.3, 0.4) is 0 Å². The van der Waals surface area contributed by atoms with Gasteiger partial charge in [0.05, 0.1) is 0 Å². The summed E-state index contributed by atoms with van der Waals surface area (Å²) in [6.07, 6.45) is 48.2. The molecule has 0 saturated carbocycles. The first kappa shape index (κ1) is 53.1. The predicted octanol–water partition coefficient (Wildman–Crippen LogP) is 15.4. The highest BCUT2D eigenvalue weighted by Gasteiger charge is 2.19. The van der Waals surface area contributed by atoms with Crippen LogP contribution >= 0.6 is 0 Å². The minimum atomic E-state index is -0.759. The van der Waals surface area contributed by atoms with Crippen LogP contribution in [0.4, 0.5) is 0 Å². The second kappa shape index (κ2) is 44.9. The molecule has 55 heavy (non-hydrogen) atoms. The van der Waals surface area contributed by atoms with Crippen LogP contribution in [0.2, 0.25) is 0 Å². The summed E-state index contributed by atoms with van der Waals surface area (Å²) in [7, 11) is 0. The van der Waals surface area contributed by atoms with E-state index in [1.165, 1.54) is 161 Å². The Hall–Kier alpha value is -1.85. The van der Waals surface area contributed by atoms with Crippen LogP contribution in [-0.2, 0) is 28.6 Å². The summed E-state index contributed by atoms with van der Waals surface area (Å²) in [6, 6.07) is 0. The van der Waals surface area contributed by atoms with Gasteiger partial charge in [0, 0.05) is 19.3 Å². The number of unbranched alkanes of at least 4 members (excludes halogenated alkanes) is 31. The lowest BCUT2D eigenvalue weighted by molar-refractivity contribution is -0.167. The van der Waals surface area contributed by atoms with Crippen LogP contribution < -0.4 is 0 Å². The van der Waals surface area contributed by atoms with Crippen LogP contribution in [0.5, 0.6) is 0 Å². The fourth-order valence-electron chi connectivity index (χ4n) is 7.08. The van der Waals surface area contributed by atoms with Gasteiger partial charge >= 0.3 is 17.9 Å². The molecule has 0 fully saturated rings. The van der Waals surface area contributed by atoms with Crippen LogP contribution in [0.25, 0.3) is 0 Å². The van der Waals surface area contributed by atoms with E-state index in [-0.39, 0.29) is 31.1 Å². The average molecular weight is 777 g/mol. The van der Waals surface area contributed by atoms with Crippen molar-refractivity contribution in [2.75, 3.05) is 13.2 Å². The molecule has 0 N–H and O–H groups in total. The molecular formula is C49H92O6. The van der Waals surface area contributed by atoms with Gasteiger partial charge in [-0.15, -0.1) is 0 Å². The average Bonchev–Trinajstić information content (AvgIpc) is 3.18. The van der Waals surface area contributed by atoms with E-state index in [0.29, 0.717) is 19.3 Å². The van der Waals surface area contributed by atoms with Crippen molar-refractivity contribution in [3.05, 3.63) is 12.2 Å². The van der Waals surface area contributed by atoms with E-state index in [1.807, 2.05) is 0 Å². The fraction of sp³-hybridized carbons (Fsp3) is 0.898. The van der Waals surface area contributed by atoms with E-state index in [0.717, 1.165) is 64.2 Å². The van der Waals surface area contributed by atoms with E-state index in [1.54, 1.807) is 0 Å². The molecule has 0 aliphatic heterocycles. The number of hydrogen-bond acceptors (Lipinski definition) is 6. The Bertz CT molecular complexity index is 854. The van der Waals surface area contributed by atoms with Gasteiger partial charge in [-0.1, -0.05) is 213 Å². The summed E-state index contributed by atoms with van der Waals surface area (Å²) in [5.41, 5.74) is 0. The zero-order chi connectivity index (χ0) is 40.1.